The van der Waals surface area contributed by atoms with E-state index in [4.69, 9.17) is 0 Å². The Labute approximate surface area is 127 Å². The lowest BCUT2D eigenvalue weighted by molar-refractivity contribution is 0.0951. The molecule has 0 aliphatic carbocycles. The van der Waals surface area contributed by atoms with Crippen molar-refractivity contribution in [1.29, 1.82) is 0 Å². The maximum atomic E-state index is 13.3. The SMILES string of the molecule is CCCNc1ncc(F)cc1C(=O)NCc1sccc1C. The summed E-state index contributed by atoms with van der Waals surface area (Å²) >= 11 is 1.59. The van der Waals surface area contributed by atoms with Crippen molar-refractivity contribution in [2.45, 2.75) is 26.8 Å². The summed E-state index contributed by atoms with van der Waals surface area (Å²) in [5.41, 5.74) is 1.37. The standard InChI is InChI=1S/C15H18FN3OS/c1-3-5-17-14-12(7-11(16)8-18-14)15(20)19-9-13-10(2)4-6-21-13/h4,6-8H,3,5,9H2,1-2H3,(H,17,18)(H,19,20). The first-order valence-corrected chi connectivity index (χ1v) is 7.70. The lowest BCUT2D eigenvalue weighted by Crippen LogP contribution is -2.24. The molecule has 0 spiro atoms. The van der Waals surface area contributed by atoms with Gasteiger partial charge in [0.15, 0.2) is 0 Å². The van der Waals surface area contributed by atoms with Gasteiger partial charge >= 0.3 is 0 Å². The molecule has 0 bridgehead atoms. The van der Waals surface area contributed by atoms with E-state index in [1.807, 2.05) is 25.3 Å². The Morgan fingerprint density at radius 2 is 2.29 bits per heavy atom. The molecule has 6 heteroatoms. The van der Waals surface area contributed by atoms with Gasteiger partial charge in [-0.05, 0) is 36.4 Å². The van der Waals surface area contributed by atoms with Crippen molar-refractivity contribution in [1.82, 2.24) is 10.3 Å². The third-order valence-corrected chi connectivity index (χ3v) is 4.04. The number of hydrogen-bond acceptors (Lipinski definition) is 4. The zero-order valence-electron chi connectivity index (χ0n) is 12.1. The first kappa shape index (κ1) is 15.4. The van der Waals surface area contributed by atoms with Gasteiger partial charge in [0, 0.05) is 11.4 Å². The Morgan fingerprint density at radius 3 is 2.95 bits per heavy atom. The summed E-state index contributed by atoms with van der Waals surface area (Å²) in [7, 11) is 0. The fourth-order valence-corrected chi connectivity index (χ4v) is 2.68. The molecule has 112 valence electrons. The highest BCUT2D eigenvalue weighted by Crippen LogP contribution is 2.17. The van der Waals surface area contributed by atoms with Gasteiger partial charge < -0.3 is 10.6 Å². The van der Waals surface area contributed by atoms with Gasteiger partial charge in [0.05, 0.1) is 18.3 Å². The highest BCUT2D eigenvalue weighted by atomic mass is 32.1. The molecule has 0 fully saturated rings. The molecule has 0 aromatic carbocycles. The van der Waals surface area contributed by atoms with E-state index in [2.05, 4.69) is 15.6 Å². The Hall–Kier alpha value is -1.95. The van der Waals surface area contributed by atoms with Gasteiger partial charge in [-0.25, -0.2) is 9.37 Å². The van der Waals surface area contributed by atoms with Crippen LogP contribution in [0.1, 0.15) is 34.1 Å². The minimum atomic E-state index is -0.519. The molecule has 2 aromatic heterocycles. The number of amides is 1. The highest BCUT2D eigenvalue weighted by molar-refractivity contribution is 7.10. The summed E-state index contributed by atoms with van der Waals surface area (Å²) in [6, 6.07) is 3.21. The van der Waals surface area contributed by atoms with Crippen LogP contribution in [-0.2, 0) is 6.54 Å². The van der Waals surface area contributed by atoms with E-state index in [0.717, 1.165) is 23.1 Å². The first-order chi connectivity index (χ1) is 10.1. The van der Waals surface area contributed by atoms with Crippen LogP contribution in [0.5, 0.6) is 0 Å². The van der Waals surface area contributed by atoms with Crippen LogP contribution in [0, 0.1) is 12.7 Å². The van der Waals surface area contributed by atoms with Crippen LogP contribution in [-0.4, -0.2) is 17.4 Å². The second-order valence-electron chi connectivity index (χ2n) is 4.69. The summed E-state index contributed by atoms with van der Waals surface area (Å²) in [5.74, 6) is -0.429. The zero-order chi connectivity index (χ0) is 15.2. The Bertz CT molecular complexity index is 627. The van der Waals surface area contributed by atoms with Crippen LogP contribution in [0.25, 0.3) is 0 Å². The van der Waals surface area contributed by atoms with E-state index < -0.39 is 5.82 Å². The fourth-order valence-electron chi connectivity index (χ4n) is 1.84. The van der Waals surface area contributed by atoms with Crippen molar-refractivity contribution in [3.8, 4) is 0 Å². The number of carbonyl (C=O) groups is 1. The third-order valence-electron chi connectivity index (χ3n) is 3.02. The maximum Gasteiger partial charge on any atom is 0.255 e. The molecule has 0 aliphatic heterocycles. The third kappa shape index (κ3) is 4.01. The van der Waals surface area contributed by atoms with Crippen LogP contribution in [0.3, 0.4) is 0 Å². The van der Waals surface area contributed by atoms with Crippen molar-refractivity contribution in [3.63, 3.8) is 0 Å². The molecule has 1 amide bonds. The highest BCUT2D eigenvalue weighted by Gasteiger charge is 2.14. The van der Waals surface area contributed by atoms with E-state index in [-0.39, 0.29) is 11.5 Å². The number of nitrogens with zero attached hydrogens (tertiary/aromatic N) is 1. The topological polar surface area (TPSA) is 54.0 Å². The van der Waals surface area contributed by atoms with Crippen molar-refractivity contribution in [2.75, 3.05) is 11.9 Å². The molecule has 2 rings (SSSR count). The maximum absolute atomic E-state index is 13.3. The summed E-state index contributed by atoms with van der Waals surface area (Å²) < 4.78 is 13.3. The number of rotatable bonds is 6. The molecule has 0 saturated carbocycles. The Kier molecular flexibility index (Phi) is 5.27. The predicted molar refractivity (Wildman–Crippen MR) is 83.2 cm³/mol. The number of thiophene rings is 1. The Morgan fingerprint density at radius 1 is 1.48 bits per heavy atom. The first-order valence-electron chi connectivity index (χ1n) is 6.82. The Balaban J connectivity index is 2.10. The van der Waals surface area contributed by atoms with E-state index >= 15 is 0 Å². The summed E-state index contributed by atoms with van der Waals surface area (Å²) in [4.78, 5) is 17.3. The molecular weight excluding hydrogens is 289 g/mol. The predicted octanol–water partition coefficient (Wildman–Crippen LogP) is 3.34. The van der Waals surface area contributed by atoms with Gasteiger partial charge in [0.25, 0.3) is 5.91 Å². The van der Waals surface area contributed by atoms with Gasteiger partial charge in [-0.1, -0.05) is 6.92 Å². The minimum Gasteiger partial charge on any atom is -0.369 e. The molecule has 0 unspecified atom stereocenters. The molecule has 0 saturated heterocycles. The molecule has 2 heterocycles. The van der Waals surface area contributed by atoms with Gasteiger partial charge in [-0.2, -0.15) is 0 Å². The second-order valence-corrected chi connectivity index (χ2v) is 5.69. The van der Waals surface area contributed by atoms with Crippen LogP contribution < -0.4 is 10.6 Å². The largest absolute Gasteiger partial charge is 0.369 e. The average Bonchev–Trinajstić information content (AvgIpc) is 2.88. The van der Waals surface area contributed by atoms with Crippen LogP contribution in [0.2, 0.25) is 0 Å². The van der Waals surface area contributed by atoms with Gasteiger partial charge in [-0.15, -0.1) is 11.3 Å². The number of aromatic nitrogens is 1. The number of carbonyl (C=O) groups excluding carboxylic acids is 1. The molecular formula is C15H18FN3OS. The van der Waals surface area contributed by atoms with Crippen molar-refractivity contribution in [2.24, 2.45) is 0 Å². The molecule has 21 heavy (non-hydrogen) atoms. The van der Waals surface area contributed by atoms with E-state index in [0.29, 0.717) is 18.9 Å². The fraction of sp³-hybridized carbons (Fsp3) is 0.333. The number of halogens is 1. The zero-order valence-corrected chi connectivity index (χ0v) is 12.9. The quantitative estimate of drug-likeness (QED) is 0.860. The molecule has 0 atom stereocenters. The number of aryl methyl sites for hydroxylation is 1. The lowest BCUT2D eigenvalue weighted by atomic mass is 10.2. The summed E-state index contributed by atoms with van der Waals surface area (Å²) in [5, 5.41) is 7.83. The van der Waals surface area contributed by atoms with Gasteiger partial charge in [-0.3, -0.25) is 4.79 Å². The van der Waals surface area contributed by atoms with E-state index in [9.17, 15) is 9.18 Å². The molecule has 2 N–H and O–H groups in total. The number of pyridine rings is 1. The molecule has 0 aliphatic rings. The lowest BCUT2D eigenvalue weighted by Gasteiger charge is -2.10. The van der Waals surface area contributed by atoms with E-state index in [1.165, 1.54) is 6.07 Å². The second kappa shape index (κ2) is 7.17. The number of nitrogens with one attached hydrogen (secondary N) is 2. The van der Waals surface area contributed by atoms with Crippen molar-refractivity contribution < 1.29 is 9.18 Å². The average molecular weight is 307 g/mol. The summed E-state index contributed by atoms with van der Waals surface area (Å²) in [6.45, 7) is 5.13. The van der Waals surface area contributed by atoms with Crippen molar-refractivity contribution >= 4 is 23.1 Å². The number of anilines is 1. The monoisotopic (exact) mass is 307 g/mol. The van der Waals surface area contributed by atoms with Crippen LogP contribution >= 0.6 is 11.3 Å². The molecule has 4 nitrogen and oxygen atoms in total. The normalized spacial score (nSPS) is 10.4. The van der Waals surface area contributed by atoms with Crippen molar-refractivity contribution in [3.05, 3.63) is 45.5 Å². The minimum absolute atomic E-state index is 0.234. The van der Waals surface area contributed by atoms with Crippen LogP contribution in [0.15, 0.2) is 23.7 Å². The molecule has 2 aromatic rings. The summed E-state index contributed by atoms with van der Waals surface area (Å²) in [6.07, 6.45) is 2.01. The van der Waals surface area contributed by atoms with E-state index in [1.54, 1.807) is 11.3 Å². The van der Waals surface area contributed by atoms with Gasteiger partial charge in [0.1, 0.15) is 11.6 Å². The number of hydrogen-bond donors (Lipinski definition) is 2. The molecule has 0 radical (unpaired) electrons. The smallest absolute Gasteiger partial charge is 0.255 e. The van der Waals surface area contributed by atoms with Gasteiger partial charge in [0.2, 0.25) is 0 Å². The van der Waals surface area contributed by atoms with Crippen LogP contribution in [0.4, 0.5) is 10.2 Å².